The molecule has 1 atom stereocenters. The van der Waals surface area contributed by atoms with Gasteiger partial charge in [-0.05, 0) is 36.5 Å². The van der Waals surface area contributed by atoms with Crippen molar-refractivity contribution in [2.45, 2.75) is 38.1 Å². The van der Waals surface area contributed by atoms with Gasteiger partial charge in [0, 0.05) is 32.2 Å². The van der Waals surface area contributed by atoms with E-state index in [4.69, 9.17) is 0 Å². The fourth-order valence-corrected chi connectivity index (χ4v) is 3.92. The van der Waals surface area contributed by atoms with Crippen molar-refractivity contribution in [1.82, 2.24) is 10.2 Å². The molecule has 0 spiro atoms. The number of piperazine rings is 1. The third kappa shape index (κ3) is 4.19. The van der Waals surface area contributed by atoms with Crippen LogP contribution in [0.1, 0.15) is 37.3 Å². The molecule has 1 N–H and O–H groups in total. The Bertz CT molecular complexity index is 552. The Morgan fingerprint density at radius 3 is 2.38 bits per heavy atom. The molecule has 2 aliphatic rings. The lowest BCUT2D eigenvalue weighted by Crippen LogP contribution is -2.46. The van der Waals surface area contributed by atoms with Crippen molar-refractivity contribution in [2.75, 3.05) is 26.2 Å². The molecule has 7 heteroatoms. The molecule has 1 aromatic carbocycles. The van der Waals surface area contributed by atoms with Crippen molar-refractivity contribution < 1.29 is 22.3 Å². The second kappa shape index (κ2) is 7.27. The quantitative estimate of drug-likeness (QED) is 0.838. The Kier molecular flexibility index (Phi) is 5.30. The highest BCUT2D eigenvalue weighted by atomic mass is 19.4. The van der Waals surface area contributed by atoms with Crippen LogP contribution in [0.2, 0.25) is 0 Å². The first-order valence-corrected chi connectivity index (χ1v) is 8.44. The third-order valence-electron chi connectivity index (χ3n) is 4.91. The van der Waals surface area contributed by atoms with E-state index in [1.807, 2.05) is 0 Å². The van der Waals surface area contributed by atoms with Gasteiger partial charge in [-0.25, -0.2) is 4.39 Å². The van der Waals surface area contributed by atoms with Gasteiger partial charge in [0.25, 0.3) is 0 Å². The molecule has 1 saturated heterocycles. The van der Waals surface area contributed by atoms with E-state index in [-0.39, 0.29) is 6.04 Å². The molecule has 0 unspecified atom stereocenters. The second-order valence-corrected chi connectivity index (χ2v) is 6.51. The van der Waals surface area contributed by atoms with Gasteiger partial charge in [0.1, 0.15) is 0 Å². The molecule has 2 fully saturated rings. The summed E-state index contributed by atoms with van der Waals surface area (Å²) in [4.78, 5) is 2.32. The highest BCUT2D eigenvalue weighted by molar-refractivity contribution is 5.32. The van der Waals surface area contributed by atoms with Crippen molar-refractivity contribution >= 4 is 0 Å². The van der Waals surface area contributed by atoms with Gasteiger partial charge >= 0.3 is 6.36 Å². The summed E-state index contributed by atoms with van der Waals surface area (Å²) in [6, 6.07) is 3.95. The molecule has 0 radical (unpaired) electrons. The van der Waals surface area contributed by atoms with Gasteiger partial charge in [-0.2, -0.15) is 0 Å². The molecule has 134 valence electrons. The van der Waals surface area contributed by atoms with Gasteiger partial charge in [0.2, 0.25) is 0 Å². The Morgan fingerprint density at radius 2 is 1.79 bits per heavy atom. The van der Waals surface area contributed by atoms with Crippen LogP contribution in [0.5, 0.6) is 5.75 Å². The third-order valence-corrected chi connectivity index (χ3v) is 4.91. The number of ether oxygens (including phenoxy) is 1. The zero-order valence-corrected chi connectivity index (χ0v) is 13.4. The SMILES string of the molecule is Fc1cc([C@@H](C2CCCC2)N2CCNCC2)ccc1OC(F)(F)F. The van der Waals surface area contributed by atoms with Crippen LogP contribution < -0.4 is 10.1 Å². The number of benzene rings is 1. The average Bonchev–Trinajstić information content (AvgIpc) is 3.04. The fraction of sp³-hybridized carbons (Fsp3) is 0.647. The Hall–Kier alpha value is -1.34. The topological polar surface area (TPSA) is 24.5 Å². The predicted octanol–water partition coefficient (Wildman–Crippen LogP) is 3.86. The first-order valence-electron chi connectivity index (χ1n) is 8.44. The van der Waals surface area contributed by atoms with E-state index in [0.717, 1.165) is 63.5 Å². The number of nitrogens with one attached hydrogen (secondary N) is 1. The summed E-state index contributed by atoms with van der Waals surface area (Å²) in [7, 11) is 0. The van der Waals surface area contributed by atoms with Crippen LogP contribution >= 0.6 is 0 Å². The van der Waals surface area contributed by atoms with Crippen LogP contribution in [0, 0.1) is 11.7 Å². The van der Waals surface area contributed by atoms with E-state index in [1.54, 1.807) is 6.07 Å². The van der Waals surface area contributed by atoms with E-state index in [9.17, 15) is 17.6 Å². The number of hydrogen-bond acceptors (Lipinski definition) is 3. The molecule has 3 rings (SSSR count). The van der Waals surface area contributed by atoms with Crippen LogP contribution in [0.25, 0.3) is 0 Å². The molecule has 24 heavy (non-hydrogen) atoms. The fourth-order valence-electron chi connectivity index (χ4n) is 3.92. The van der Waals surface area contributed by atoms with Crippen molar-refractivity contribution in [3.63, 3.8) is 0 Å². The van der Waals surface area contributed by atoms with Crippen LogP contribution in [0.3, 0.4) is 0 Å². The summed E-state index contributed by atoms with van der Waals surface area (Å²) in [6.45, 7) is 3.48. The number of hydrogen-bond donors (Lipinski definition) is 1. The minimum atomic E-state index is -4.88. The Labute approximate surface area is 139 Å². The number of rotatable bonds is 4. The van der Waals surface area contributed by atoms with Gasteiger partial charge in [0.15, 0.2) is 11.6 Å². The van der Waals surface area contributed by atoms with Crippen LogP contribution in [-0.2, 0) is 0 Å². The maximum atomic E-state index is 14.1. The molecule has 0 bridgehead atoms. The number of alkyl halides is 3. The molecule has 3 nitrogen and oxygen atoms in total. The summed E-state index contributed by atoms with van der Waals surface area (Å²) < 4.78 is 54.8. The maximum absolute atomic E-state index is 14.1. The molecular weight excluding hydrogens is 324 g/mol. The summed E-state index contributed by atoms with van der Waals surface area (Å²) in [5.74, 6) is -1.29. The lowest BCUT2D eigenvalue weighted by Gasteiger charge is -2.38. The Morgan fingerprint density at radius 1 is 1.12 bits per heavy atom. The highest BCUT2D eigenvalue weighted by Gasteiger charge is 2.34. The summed E-state index contributed by atoms with van der Waals surface area (Å²) in [5, 5.41) is 3.30. The summed E-state index contributed by atoms with van der Waals surface area (Å²) in [6.07, 6.45) is -0.407. The lowest BCUT2D eigenvalue weighted by atomic mass is 9.89. The van der Waals surface area contributed by atoms with Crippen molar-refractivity contribution in [1.29, 1.82) is 0 Å². The van der Waals surface area contributed by atoms with Gasteiger partial charge in [-0.1, -0.05) is 18.9 Å². The van der Waals surface area contributed by atoms with E-state index >= 15 is 0 Å². The maximum Gasteiger partial charge on any atom is 0.573 e. The standard InChI is InChI=1S/C17H22F4N2O/c18-14-11-13(5-6-15(14)24-17(19,20)21)16(12-3-1-2-4-12)23-9-7-22-8-10-23/h5-6,11-12,16,22H,1-4,7-10H2/t16-/m1/s1. The minimum Gasteiger partial charge on any atom is -0.403 e. The average molecular weight is 346 g/mol. The molecule has 1 aliphatic carbocycles. The first-order chi connectivity index (χ1) is 11.4. The van der Waals surface area contributed by atoms with E-state index < -0.39 is 17.9 Å². The molecule has 1 aromatic rings. The summed E-state index contributed by atoms with van der Waals surface area (Å²) in [5.41, 5.74) is 0.746. The van der Waals surface area contributed by atoms with Crippen LogP contribution in [0.15, 0.2) is 18.2 Å². The van der Waals surface area contributed by atoms with Crippen molar-refractivity contribution in [3.8, 4) is 5.75 Å². The normalized spacial score (nSPS) is 21.8. The van der Waals surface area contributed by atoms with Gasteiger partial charge in [-0.3, -0.25) is 4.90 Å². The Balaban J connectivity index is 1.85. The minimum absolute atomic E-state index is 0.0593. The molecule has 1 aliphatic heterocycles. The molecule has 1 saturated carbocycles. The van der Waals surface area contributed by atoms with Crippen molar-refractivity contribution in [3.05, 3.63) is 29.6 Å². The van der Waals surface area contributed by atoms with E-state index in [0.29, 0.717) is 5.92 Å². The zero-order chi connectivity index (χ0) is 17.2. The largest absolute Gasteiger partial charge is 0.573 e. The highest BCUT2D eigenvalue weighted by Crippen LogP contribution is 2.40. The first kappa shape index (κ1) is 17.5. The van der Waals surface area contributed by atoms with Gasteiger partial charge < -0.3 is 10.1 Å². The predicted molar refractivity (Wildman–Crippen MR) is 82.2 cm³/mol. The van der Waals surface area contributed by atoms with Crippen molar-refractivity contribution in [2.24, 2.45) is 5.92 Å². The van der Waals surface area contributed by atoms with Crippen LogP contribution in [-0.4, -0.2) is 37.4 Å². The van der Waals surface area contributed by atoms with E-state index in [2.05, 4.69) is 15.0 Å². The zero-order valence-electron chi connectivity index (χ0n) is 13.4. The number of nitrogens with zero attached hydrogens (tertiary/aromatic N) is 1. The van der Waals surface area contributed by atoms with Gasteiger partial charge in [0.05, 0.1) is 0 Å². The molecule has 1 heterocycles. The lowest BCUT2D eigenvalue weighted by molar-refractivity contribution is -0.275. The monoisotopic (exact) mass is 346 g/mol. The molecule has 0 amide bonds. The molecular formula is C17H22F4N2O. The summed E-state index contributed by atoms with van der Waals surface area (Å²) >= 11 is 0. The molecule has 0 aromatic heterocycles. The van der Waals surface area contributed by atoms with Crippen LogP contribution in [0.4, 0.5) is 17.6 Å². The van der Waals surface area contributed by atoms with E-state index in [1.165, 1.54) is 6.07 Å². The smallest absolute Gasteiger partial charge is 0.403 e. The second-order valence-electron chi connectivity index (χ2n) is 6.51. The van der Waals surface area contributed by atoms with Gasteiger partial charge in [-0.15, -0.1) is 13.2 Å². The number of halogens is 4.